The maximum Gasteiger partial charge on any atom is 0.264 e. The van der Waals surface area contributed by atoms with Crippen LogP contribution in [0, 0.1) is 12.7 Å². The Kier molecular flexibility index (Phi) is 9.52. The third kappa shape index (κ3) is 7.18. The van der Waals surface area contributed by atoms with Gasteiger partial charge in [0.1, 0.15) is 18.4 Å². The summed E-state index contributed by atoms with van der Waals surface area (Å²) >= 11 is 0. The molecule has 0 aliphatic carbocycles. The minimum Gasteiger partial charge on any atom is -0.357 e. The number of hydrogen-bond acceptors (Lipinski definition) is 4. The van der Waals surface area contributed by atoms with E-state index < -0.39 is 40.2 Å². The fraction of sp³-hybridized carbons (Fsp3) is 0.188. The number of nitrogens with one attached hydrogen (secondary N) is 1. The first-order valence-electron chi connectivity index (χ1n) is 13.1. The topological polar surface area (TPSA) is 86.8 Å². The van der Waals surface area contributed by atoms with Gasteiger partial charge in [-0.3, -0.25) is 13.9 Å². The van der Waals surface area contributed by atoms with Crippen molar-refractivity contribution in [1.29, 1.82) is 0 Å². The molecule has 4 aromatic rings. The third-order valence-electron chi connectivity index (χ3n) is 6.68. The zero-order valence-electron chi connectivity index (χ0n) is 22.9. The largest absolute Gasteiger partial charge is 0.357 e. The zero-order chi connectivity index (χ0) is 29.4. The highest BCUT2D eigenvalue weighted by atomic mass is 32.2. The molecule has 0 saturated heterocycles. The summed E-state index contributed by atoms with van der Waals surface area (Å²) in [6.07, 6.45) is 0.198. The van der Waals surface area contributed by atoms with Gasteiger partial charge < -0.3 is 10.2 Å². The Morgan fingerprint density at radius 1 is 0.829 bits per heavy atom. The smallest absolute Gasteiger partial charge is 0.264 e. The van der Waals surface area contributed by atoms with Crippen LogP contribution in [0.15, 0.2) is 114 Å². The van der Waals surface area contributed by atoms with Gasteiger partial charge in [0.25, 0.3) is 10.0 Å². The number of benzene rings is 4. The summed E-state index contributed by atoms with van der Waals surface area (Å²) in [5.41, 5.74) is 2.29. The third-order valence-corrected chi connectivity index (χ3v) is 8.46. The van der Waals surface area contributed by atoms with E-state index in [0.717, 1.165) is 27.1 Å². The van der Waals surface area contributed by atoms with Gasteiger partial charge >= 0.3 is 0 Å². The Morgan fingerprint density at radius 2 is 1.44 bits per heavy atom. The number of aryl methyl sites for hydroxylation is 1. The van der Waals surface area contributed by atoms with E-state index in [-0.39, 0.29) is 23.5 Å². The number of likely N-dealkylation sites (N-methyl/N-ethyl adjacent to an activating group) is 1. The van der Waals surface area contributed by atoms with E-state index >= 15 is 4.39 Å². The van der Waals surface area contributed by atoms with Gasteiger partial charge in [0.15, 0.2) is 0 Å². The monoisotopic (exact) mass is 573 g/mol. The number of carbonyl (C=O) groups is 2. The van der Waals surface area contributed by atoms with Crippen LogP contribution >= 0.6 is 0 Å². The lowest BCUT2D eigenvalue weighted by atomic mass is 10.0. The minimum absolute atomic E-state index is 0.0436. The molecule has 4 aromatic carbocycles. The van der Waals surface area contributed by atoms with Crippen LogP contribution in [0.2, 0.25) is 0 Å². The number of carbonyl (C=O) groups excluding carboxylic acids is 2. The molecule has 212 valence electrons. The summed E-state index contributed by atoms with van der Waals surface area (Å²) in [5, 5.41) is 2.64. The lowest BCUT2D eigenvalue weighted by Crippen LogP contribution is -2.53. The van der Waals surface area contributed by atoms with Gasteiger partial charge in [-0.05, 0) is 42.3 Å². The van der Waals surface area contributed by atoms with Crippen LogP contribution in [-0.4, -0.2) is 44.8 Å². The summed E-state index contributed by atoms with van der Waals surface area (Å²) in [4.78, 5) is 28.7. The summed E-state index contributed by atoms with van der Waals surface area (Å²) in [7, 11) is -2.86. The van der Waals surface area contributed by atoms with Crippen molar-refractivity contribution in [3.63, 3.8) is 0 Å². The molecule has 2 amide bonds. The normalized spacial score (nSPS) is 11.9. The van der Waals surface area contributed by atoms with Crippen LogP contribution < -0.4 is 9.62 Å². The number of anilines is 1. The van der Waals surface area contributed by atoms with Gasteiger partial charge in [0.05, 0.1) is 10.6 Å². The molecule has 1 N–H and O–H groups in total. The molecular formula is C32H32FN3O4S. The molecule has 0 aliphatic heterocycles. The van der Waals surface area contributed by atoms with Crippen LogP contribution in [0.4, 0.5) is 10.1 Å². The molecule has 0 saturated carbocycles. The molecule has 41 heavy (non-hydrogen) atoms. The molecule has 9 heteroatoms. The first-order valence-corrected chi connectivity index (χ1v) is 14.6. The molecule has 0 spiro atoms. The Balaban J connectivity index is 1.79. The highest BCUT2D eigenvalue weighted by molar-refractivity contribution is 7.92. The fourth-order valence-electron chi connectivity index (χ4n) is 4.61. The van der Waals surface area contributed by atoms with E-state index in [1.54, 1.807) is 18.2 Å². The Morgan fingerprint density at radius 3 is 2.07 bits per heavy atom. The SMILES string of the molecule is CNC(=O)[C@H](Cc1ccccc1)N(Cc1cccc(C)c1)C(=O)CN(c1ccccc1F)S(=O)(=O)c1ccccc1. The Hall–Kier alpha value is -4.50. The molecule has 7 nitrogen and oxygen atoms in total. The van der Waals surface area contributed by atoms with Crippen LogP contribution in [0.1, 0.15) is 16.7 Å². The fourth-order valence-corrected chi connectivity index (χ4v) is 6.06. The van der Waals surface area contributed by atoms with Gasteiger partial charge in [-0.25, -0.2) is 12.8 Å². The number of sulfonamides is 1. The quantitative estimate of drug-likeness (QED) is 0.282. The van der Waals surface area contributed by atoms with Crippen molar-refractivity contribution >= 4 is 27.5 Å². The first-order chi connectivity index (χ1) is 19.7. The van der Waals surface area contributed by atoms with Crippen molar-refractivity contribution in [2.24, 2.45) is 0 Å². The van der Waals surface area contributed by atoms with Crippen molar-refractivity contribution in [2.75, 3.05) is 17.9 Å². The summed E-state index contributed by atoms with van der Waals surface area (Å²) < 4.78 is 43.4. The van der Waals surface area contributed by atoms with Gasteiger partial charge in [0, 0.05) is 20.0 Å². The lowest BCUT2D eigenvalue weighted by Gasteiger charge is -2.33. The van der Waals surface area contributed by atoms with E-state index in [1.807, 2.05) is 61.5 Å². The summed E-state index contributed by atoms with van der Waals surface area (Å²) in [5.74, 6) is -1.85. The van der Waals surface area contributed by atoms with Crippen LogP contribution in [0.5, 0.6) is 0 Å². The van der Waals surface area contributed by atoms with Crippen molar-refractivity contribution in [1.82, 2.24) is 10.2 Å². The van der Waals surface area contributed by atoms with E-state index in [0.29, 0.717) is 0 Å². The lowest BCUT2D eigenvalue weighted by molar-refractivity contribution is -0.139. The first kappa shape index (κ1) is 29.5. The average molecular weight is 574 g/mol. The van der Waals surface area contributed by atoms with E-state index in [2.05, 4.69) is 5.32 Å². The van der Waals surface area contributed by atoms with Gasteiger partial charge in [-0.2, -0.15) is 0 Å². The van der Waals surface area contributed by atoms with Crippen LogP contribution in [0.3, 0.4) is 0 Å². The van der Waals surface area contributed by atoms with E-state index in [9.17, 15) is 18.0 Å². The second kappa shape index (κ2) is 13.2. The number of hydrogen-bond donors (Lipinski definition) is 1. The molecule has 0 bridgehead atoms. The van der Waals surface area contributed by atoms with Crippen molar-refractivity contribution in [2.45, 2.75) is 30.8 Å². The van der Waals surface area contributed by atoms with Gasteiger partial charge in [-0.15, -0.1) is 0 Å². The molecular weight excluding hydrogens is 541 g/mol. The predicted molar refractivity (Wildman–Crippen MR) is 157 cm³/mol. The highest BCUT2D eigenvalue weighted by Gasteiger charge is 2.35. The maximum absolute atomic E-state index is 15.1. The molecule has 0 radical (unpaired) electrons. The van der Waals surface area contributed by atoms with Gasteiger partial charge in [-0.1, -0.05) is 90.5 Å². The maximum atomic E-state index is 15.1. The summed E-state index contributed by atoms with van der Waals surface area (Å²) in [6.45, 7) is 1.25. The van der Waals surface area contributed by atoms with E-state index in [1.165, 1.54) is 42.3 Å². The number of halogens is 1. The summed E-state index contributed by atoms with van der Waals surface area (Å²) in [6, 6.07) is 28.8. The van der Waals surface area contributed by atoms with Crippen LogP contribution in [0.25, 0.3) is 0 Å². The van der Waals surface area contributed by atoms with Crippen molar-refractivity contribution < 1.29 is 22.4 Å². The van der Waals surface area contributed by atoms with Gasteiger partial charge in [0.2, 0.25) is 11.8 Å². The number of para-hydroxylation sites is 1. The second-order valence-corrected chi connectivity index (χ2v) is 11.5. The predicted octanol–water partition coefficient (Wildman–Crippen LogP) is 4.72. The van der Waals surface area contributed by atoms with Crippen molar-refractivity contribution in [3.8, 4) is 0 Å². The molecule has 1 atom stereocenters. The average Bonchev–Trinajstić information content (AvgIpc) is 2.98. The molecule has 4 rings (SSSR count). The molecule has 0 unspecified atom stereocenters. The van der Waals surface area contributed by atoms with Crippen LogP contribution in [-0.2, 0) is 32.6 Å². The minimum atomic E-state index is -4.35. The van der Waals surface area contributed by atoms with E-state index in [4.69, 9.17) is 0 Å². The van der Waals surface area contributed by atoms with Crippen molar-refractivity contribution in [3.05, 3.63) is 132 Å². The molecule has 0 heterocycles. The standard InChI is InChI=1S/C32H32FN3O4S/c1-24-12-11-15-26(20-24)22-35(30(32(38)34-2)21-25-13-5-3-6-14-25)31(37)23-36(29-19-10-9-18-28(29)33)41(39,40)27-16-7-4-8-17-27/h3-20,30H,21-23H2,1-2H3,(H,34,38)/t30-/m0/s1. The number of nitrogens with zero attached hydrogens (tertiary/aromatic N) is 2. The Labute approximate surface area is 240 Å². The molecule has 0 fully saturated rings. The number of rotatable bonds is 11. The number of amides is 2. The molecule has 0 aliphatic rings. The highest BCUT2D eigenvalue weighted by Crippen LogP contribution is 2.27. The Bertz CT molecular complexity index is 1600. The second-order valence-electron chi connectivity index (χ2n) is 9.61. The molecule has 0 aromatic heterocycles. The zero-order valence-corrected chi connectivity index (χ0v) is 23.7.